The zero-order valence-electron chi connectivity index (χ0n) is 48.1. The van der Waals surface area contributed by atoms with Crippen molar-refractivity contribution in [3.05, 3.63) is 161 Å². The number of benzene rings is 6. The normalized spacial score (nSPS) is 11.6. The number of aromatic hydroxyl groups is 3. The van der Waals surface area contributed by atoms with E-state index in [-0.39, 0.29) is 102 Å². The Morgan fingerprint density at radius 3 is 0.805 bits per heavy atom. The van der Waals surface area contributed by atoms with Crippen LogP contribution in [0.5, 0.6) is 17.2 Å². The first-order valence-electron chi connectivity index (χ1n) is 25.6. The first-order chi connectivity index (χ1) is 40.8. The standard InChI is InChI=1S/3C20H20F2N2O4S/c3*1-11(25)23-17(19(27)24(2)3)10-29-20(28)15-8-12(4-7-18(15)26)14-6-5-13(21)9-16(14)22/h3*4-9,17,26H,10H2,1-3H3,(H,23,25)/t2*17-;/m10./s1. The van der Waals surface area contributed by atoms with Crippen LogP contribution in [0.15, 0.2) is 109 Å². The molecule has 87 heavy (non-hydrogen) atoms. The van der Waals surface area contributed by atoms with E-state index < -0.39 is 86.1 Å². The van der Waals surface area contributed by atoms with Gasteiger partial charge in [0, 0.05) is 115 Å². The fourth-order valence-electron chi connectivity index (χ4n) is 7.68. The van der Waals surface area contributed by atoms with Crippen LogP contribution in [0.3, 0.4) is 0 Å². The minimum atomic E-state index is -0.920. The highest BCUT2D eigenvalue weighted by Crippen LogP contribution is 2.34. The van der Waals surface area contributed by atoms with Crippen LogP contribution in [-0.2, 0) is 28.8 Å². The third kappa shape index (κ3) is 21.0. The van der Waals surface area contributed by atoms with E-state index >= 15 is 0 Å². The van der Waals surface area contributed by atoms with Gasteiger partial charge < -0.3 is 46.0 Å². The summed E-state index contributed by atoms with van der Waals surface area (Å²) in [5, 5.41) is 35.9. The predicted octanol–water partition coefficient (Wildman–Crippen LogP) is 8.41. The second-order valence-corrected chi connectivity index (χ2v) is 22.3. The number of carbonyl (C=O) groups is 9. The number of likely N-dealkylation sites (N-methyl/N-ethyl adjacent to an activating group) is 3. The highest BCUT2D eigenvalue weighted by atomic mass is 32.2. The number of halogens is 6. The fraction of sp³-hybridized carbons (Fsp3) is 0.250. The van der Waals surface area contributed by atoms with Gasteiger partial charge in [0.25, 0.3) is 0 Å². The van der Waals surface area contributed by atoms with Gasteiger partial charge in [-0.3, -0.25) is 43.2 Å². The molecule has 0 fully saturated rings. The molecule has 0 heterocycles. The van der Waals surface area contributed by atoms with Crippen LogP contribution in [0.1, 0.15) is 51.8 Å². The number of carbonyl (C=O) groups excluding carboxylic acids is 9. The van der Waals surface area contributed by atoms with Crippen LogP contribution < -0.4 is 16.0 Å². The number of hydrogen-bond acceptors (Lipinski definition) is 15. The Bertz CT molecular complexity index is 3210. The first-order valence-corrected chi connectivity index (χ1v) is 28.6. The van der Waals surface area contributed by atoms with Gasteiger partial charge in [-0.1, -0.05) is 53.5 Å². The molecule has 0 aromatic heterocycles. The summed E-state index contributed by atoms with van der Waals surface area (Å²) in [5.74, 6) is -8.11. The molecule has 18 nitrogen and oxygen atoms in total. The Hall–Kier alpha value is -8.82. The van der Waals surface area contributed by atoms with E-state index in [0.717, 1.165) is 71.7 Å². The molecule has 0 saturated carbocycles. The summed E-state index contributed by atoms with van der Waals surface area (Å²) < 4.78 is 81.5. The number of amides is 6. The number of hydrogen-bond donors (Lipinski definition) is 6. The van der Waals surface area contributed by atoms with Crippen molar-refractivity contribution in [3.63, 3.8) is 0 Å². The molecule has 0 radical (unpaired) electrons. The summed E-state index contributed by atoms with van der Waals surface area (Å²) in [6, 6.07) is 18.2. The van der Waals surface area contributed by atoms with Gasteiger partial charge in [-0.05, 0) is 89.5 Å². The van der Waals surface area contributed by atoms with Crippen LogP contribution in [0, 0.1) is 34.9 Å². The van der Waals surface area contributed by atoms with Crippen molar-refractivity contribution < 1.29 is 84.8 Å². The Morgan fingerprint density at radius 2 is 0.609 bits per heavy atom. The lowest BCUT2D eigenvalue weighted by atomic mass is 10.0. The lowest BCUT2D eigenvalue weighted by molar-refractivity contribution is -0.133. The van der Waals surface area contributed by atoms with Crippen LogP contribution in [0.25, 0.3) is 33.4 Å². The van der Waals surface area contributed by atoms with E-state index in [1.165, 1.54) is 151 Å². The quantitative estimate of drug-likeness (QED) is 0.0442. The van der Waals surface area contributed by atoms with Gasteiger partial charge in [0.15, 0.2) is 0 Å². The van der Waals surface area contributed by atoms with E-state index in [2.05, 4.69) is 16.0 Å². The van der Waals surface area contributed by atoms with Gasteiger partial charge in [-0.2, -0.15) is 0 Å². The molecule has 462 valence electrons. The molecule has 6 aromatic rings. The molecule has 6 rings (SSSR count). The molecule has 0 bridgehead atoms. The molecule has 6 N–H and O–H groups in total. The maximum absolute atomic E-state index is 14.0. The molecule has 6 aromatic carbocycles. The monoisotopic (exact) mass is 1270 g/mol. The largest absolute Gasteiger partial charge is 0.507 e. The number of nitrogens with zero attached hydrogens (tertiary/aromatic N) is 3. The molecule has 0 aliphatic heterocycles. The van der Waals surface area contributed by atoms with Gasteiger partial charge in [0.2, 0.25) is 50.8 Å². The molecule has 27 heteroatoms. The molecule has 6 amide bonds. The van der Waals surface area contributed by atoms with E-state index in [0.29, 0.717) is 0 Å². The van der Waals surface area contributed by atoms with Crippen molar-refractivity contribution in [1.82, 2.24) is 30.7 Å². The first kappa shape index (κ1) is 70.7. The number of phenols is 3. The summed E-state index contributed by atoms with van der Waals surface area (Å²) in [5.41, 5.74) is 0.810. The zero-order chi connectivity index (χ0) is 65.1. The predicted molar refractivity (Wildman–Crippen MR) is 320 cm³/mol. The van der Waals surface area contributed by atoms with Crippen LogP contribution in [-0.4, -0.2) is 158 Å². The van der Waals surface area contributed by atoms with Crippen molar-refractivity contribution in [1.29, 1.82) is 0 Å². The highest BCUT2D eigenvalue weighted by Gasteiger charge is 2.28. The summed E-state index contributed by atoms with van der Waals surface area (Å²) >= 11 is 2.21. The Labute approximate surface area is 509 Å². The zero-order valence-corrected chi connectivity index (χ0v) is 50.5. The second kappa shape index (κ2) is 32.6. The van der Waals surface area contributed by atoms with Crippen molar-refractivity contribution in [3.8, 4) is 50.6 Å². The summed E-state index contributed by atoms with van der Waals surface area (Å²) in [6.07, 6.45) is 0. The van der Waals surface area contributed by atoms with Gasteiger partial charge in [-0.25, -0.2) is 26.3 Å². The third-order valence-electron chi connectivity index (χ3n) is 11.9. The van der Waals surface area contributed by atoms with Gasteiger partial charge in [-0.15, -0.1) is 0 Å². The molecule has 1 unspecified atom stereocenters. The Kier molecular flexibility index (Phi) is 26.5. The highest BCUT2D eigenvalue weighted by molar-refractivity contribution is 8.14. The summed E-state index contributed by atoms with van der Waals surface area (Å²) in [4.78, 5) is 112. The van der Waals surface area contributed by atoms with E-state index in [1.807, 2.05) is 0 Å². The molecule has 0 aliphatic carbocycles. The minimum Gasteiger partial charge on any atom is -0.507 e. The number of phenolic OH excluding ortho intramolecular Hbond substituents is 3. The van der Waals surface area contributed by atoms with Crippen LogP contribution in [0.4, 0.5) is 26.3 Å². The molecular weight excluding hydrogens is 1210 g/mol. The van der Waals surface area contributed by atoms with Crippen LogP contribution in [0.2, 0.25) is 0 Å². The molecular formula is C60H60F6N6O12S3. The number of nitrogens with one attached hydrogen (secondary N) is 3. The summed E-state index contributed by atoms with van der Waals surface area (Å²) in [6.45, 7) is 3.78. The van der Waals surface area contributed by atoms with Crippen LogP contribution >= 0.6 is 35.3 Å². The Morgan fingerprint density at radius 1 is 0.379 bits per heavy atom. The average Bonchev–Trinajstić information content (AvgIpc) is 3.27. The minimum absolute atomic E-state index is 0.0516. The van der Waals surface area contributed by atoms with E-state index in [9.17, 15) is 84.8 Å². The van der Waals surface area contributed by atoms with Crippen molar-refractivity contribution in [2.24, 2.45) is 0 Å². The fourth-order valence-corrected chi connectivity index (χ4v) is 10.3. The summed E-state index contributed by atoms with van der Waals surface area (Å²) in [7, 11) is 9.14. The molecule has 0 spiro atoms. The maximum atomic E-state index is 14.0. The smallest absolute Gasteiger partial charge is 0.245 e. The van der Waals surface area contributed by atoms with E-state index in [1.54, 1.807) is 0 Å². The number of rotatable bonds is 18. The topological polar surface area (TPSA) is 260 Å². The van der Waals surface area contributed by atoms with Gasteiger partial charge >= 0.3 is 0 Å². The van der Waals surface area contributed by atoms with E-state index in [4.69, 9.17) is 0 Å². The van der Waals surface area contributed by atoms with Gasteiger partial charge in [0.05, 0.1) is 16.7 Å². The van der Waals surface area contributed by atoms with Gasteiger partial charge in [0.1, 0.15) is 70.3 Å². The third-order valence-corrected chi connectivity index (χ3v) is 14.8. The number of thioether (sulfide) groups is 3. The molecule has 0 saturated heterocycles. The Balaban J connectivity index is 0.000000279. The molecule has 3 atom stereocenters. The lowest BCUT2D eigenvalue weighted by Crippen LogP contribution is -2.47. The van der Waals surface area contributed by atoms with Crippen molar-refractivity contribution in [2.75, 3.05) is 59.5 Å². The van der Waals surface area contributed by atoms with Crippen molar-refractivity contribution >= 4 is 86.1 Å². The second-order valence-electron chi connectivity index (χ2n) is 19.3. The lowest BCUT2D eigenvalue weighted by Gasteiger charge is -2.20. The maximum Gasteiger partial charge on any atom is 0.245 e. The molecule has 0 aliphatic rings. The SMILES string of the molecule is CC(=O)NC(CSC(=O)c1cc(-c2ccc(F)cc2F)ccc1O)C(=O)N(C)C.CC(=O)N[C@@H](CSC(=O)c1cc(-c2ccc(F)cc2F)ccc1O)C(=O)N(C)C.CC(=O)N[C@H](CSC(=O)c1cc(-c2ccc(F)cc2F)ccc1O)C(=O)N(C)C. The average molecular weight is 1270 g/mol. The van der Waals surface area contributed by atoms with Crippen molar-refractivity contribution in [2.45, 2.75) is 38.9 Å².